The Morgan fingerprint density at radius 3 is 2.39 bits per heavy atom. The van der Waals surface area contributed by atoms with E-state index < -0.39 is 11.6 Å². The van der Waals surface area contributed by atoms with Crippen LogP contribution in [0.15, 0.2) is 23.8 Å². The van der Waals surface area contributed by atoms with Crippen LogP contribution in [0.5, 0.6) is 5.75 Å². The van der Waals surface area contributed by atoms with Gasteiger partial charge in [0, 0.05) is 6.54 Å². The second-order valence-corrected chi connectivity index (χ2v) is 4.26. The second-order valence-electron chi connectivity index (χ2n) is 4.26. The third-order valence-electron chi connectivity index (χ3n) is 2.36. The molecule has 1 N–H and O–H groups in total. The number of hydrogen-bond donors (Lipinski definition) is 1. The van der Waals surface area contributed by atoms with Gasteiger partial charge in [-0.25, -0.2) is 8.78 Å². The first-order valence-electron chi connectivity index (χ1n) is 5.99. The summed E-state index contributed by atoms with van der Waals surface area (Å²) < 4.78 is 32.4. The normalized spacial score (nSPS) is 10.3. The maximum Gasteiger partial charge on any atom is 0.191 e. The summed E-state index contributed by atoms with van der Waals surface area (Å²) in [6.45, 7) is 7.10. The van der Waals surface area contributed by atoms with Crippen molar-refractivity contribution in [3.8, 4) is 5.75 Å². The number of nitrogens with one attached hydrogen (secondary N) is 1. The fraction of sp³-hybridized carbons (Fsp3) is 0.429. The molecule has 0 atom stereocenters. The van der Waals surface area contributed by atoms with Gasteiger partial charge in [-0.3, -0.25) is 0 Å². The molecule has 1 aromatic carbocycles. The van der Waals surface area contributed by atoms with Gasteiger partial charge >= 0.3 is 0 Å². The molecule has 1 aromatic rings. The molecule has 0 fully saturated rings. The Morgan fingerprint density at radius 2 is 1.89 bits per heavy atom. The van der Waals surface area contributed by atoms with Gasteiger partial charge in [0.15, 0.2) is 17.4 Å². The highest BCUT2D eigenvalue weighted by molar-refractivity contribution is 5.31. The molecule has 0 saturated carbocycles. The van der Waals surface area contributed by atoms with Crippen molar-refractivity contribution in [1.82, 2.24) is 5.32 Å². The van der Waals surface area contributed by atoms with E-state index in [2.05, 4.69) is 5.32 Å². The summed E-state index contributed by atoms with van der Waals surface area (Å²) >= 11 is 0. The minimum absolute atomic E-state index is 0.169. The Labute approximate surface area is 107 Å². The van der Waals surface area contributed by atoms with Crippen LogP contribution >= 0.6 is 0 Å². The topological polar surface area (TPSA) is 21.3 Å². The highest BCUT2D eigenvalue weighted by Gasteiger charge is 2.12. The Balaban J connectivity index is 2.77. The lowest BCUT2D eigenvalue weighted by Gasteiger charge is -2.09. The summed E-state index contributed by atoms with van der Waals surface area (Å²) in [5, 5.41) is 3.01. The average molecular weight is 255 g/mol. The summed E-state index contributed by atoms with van der Waals surface area (Å²) in [6.07, 6.45) is 1.77. The van der Waals surface area contributed by atoms with Crippen LogP contribution in [-0.4, -0.2) is 13.2 Å². The molecule has 0 heterocycles. The van der Waals surface area contributed by atoms with Gasteiger partial charge < -0.3 is 10.1 Å². The summed E-state index contributed by atoms with van der Waals surface area (Å²) in [6, 6.07) is 2.59. The van der Waals surface area contributed by atoms with Crippen molar-refractivity contribution >= 4 is 0 Å². The lowest BCUT2D eigenvalue weighted by atomic mass is 10.2. The summed E-state index contributed by atoms with van der Waals surface area (Å²) in [5.41, 5.74) is 1.61. The summed E-state index contributed by atoms with van der Waals surface area (Å²) in [7, 11) is 0. The molecule has 0 aliphatic carbocycles. The van der Waals surface area contributed by atoms with Crippen molar-refractivity contribution < 1.29 is 13.5 Å². The largest absolute Gasteiger partial charge is 0.483 e. The molecule has 0 unspecified atom stereocenters. The predicted octanol–water partition coefficient (Wildman–Crippen LogP) is 3.42. The molecule has 0 bridgehead atoms. The third-order valence-corrected chi connectivity index (χ3v) is 2.36. The van der Waals surface area contributed by atoms with Gasteiger partial charge in [0.25, 0.3) is 0 Å². The zero-order valence-corrected chi connectivity index (χ0v) is 11.0. The molecule has 0 aromatic heterocycles. The van der Waals surface area contributed by atoms with E-state index in [4.69, 9.17) is 4.74 Å². The first kappa shape index (κ1) is 14.6. The Hall–Kier alpha value is -1.42. The van der Waals surface area contributed by atoms with E-state index in [1.807, 2.05) is 20.8 Å². The van der Waals surface area contributed by atoms with Gasteiger partial charge in [0.1, 0.15) is 6.61 Å². The molecule has 100 valence electrons. The lowest BCUT2D eigenvalue weighted by molar-refractivity contribution is 0.319. The molecule has 1 rings (SSSR count). The van der Waals surface area contributed by atoms with Crippen LogP contribution in [0, 0.1) is 11.6 Å². The molecule has 0 aliphatic heterocycles. The van der Waals surface area contributed by atoms with E-state index in [0.29, 0.717) is 12.1 Å². The third kappa shape index (κ3) is 4.45. The molecule has 18 heavy (non-hydrogen) atoms. The number of benzene rings is 1. The van der Waals surface area contributed by atoms with Crippen molar-refractivity contribution in [3.05, 3.63) is 41.0 Å². The van der Waals surface area contributed by atoms with E-state index in [1.54, 1.807) is 6.08 Å². The zero-order chi connectivity index (χ0) is 13.5. The van der Waals surface area contributed by atoms with Crippen LogP contribution in [0.4, 0.5) is 8.78 Å². The smallest absolute Gasteiger partial charge is 0.191 e. The van der Waals surface area contributed by atoms with E-state index in [1.165, 1.54) is 12.1 Å². The Kier molecular flexibility index (Phi) is 5.78. The second kappa shape index (κ2) is 7.11. The van der Waals surface area contributed by atoms with Crippen LogP contribution in [0.3, 0.4) is 0 Å². The number of halogens is 2. The molecular formula is C14H19F2NO. The fourth-order valence-corrected chi connectivity index (χ4v) is 1.41. The Morgan fingerprint density at radius 1 is 1.28 bits per heavy atom. The molecule has 2 nitrogen and oxygen atoms in total. The van der Waals surface area contributed by atoms with Crippen LogP contribution in [0.2, 0.25) is 0 Å². The number of hydrogen-bond acceptors (Lipinski definition) is 2. The van der Waals surface area contributed by atoms with Gasteiger partial charge in [-0.2, -0.15) is 0 Å². The molecule has 0 aliphatic rings. The zero-order valence-electron chi connectivity index (χ0n) is 11.0. The van der Waals surface area contributed by atoms with Gasteiger partial charge in [0.2, 0.25) is 0 Å². The highest BCUT2D eigenvalue weighted by atomic mass is 19.1. The monoisotopic (exact) mass is 255 g/mol. The fourth-order valence-electron chi connectivity index (χ4n) is 1.41. The SMILES string of the molecule is CCNCc1cc(F)c(OCC=C(C)C)c(F)c1. The first-order chi connectivity index (χ1) is 8.54. The summed E-state index contributed by atoms with van der Waals surface area (Å²) in [4.78, 5) is 0. The quantitative estimate of drug-likeness (QED) is 0.786. The van der Waals surface area contributed by atoms with Gasteiger partial charge in [0.05, 0.1) is 0 Å². The van der Waals surface area contributed by atoms with Gasteiger partial charge in [-0.1, -0.05) is 12.5 Å². The van der Waals surface area contributed by atoms with Gasteiger partial charge in [-0.05, 0) is 44.2 Å². The van der Waals surface area contributed by atoms with Crippen LogP contribution in [0.1, 0.15) is 26.3 Å². The van der Waals surface area contributed by atoms with Crippen molar-refractivity contribution in [2.75, 3.05) is 13.2 Å². The number of allylic oxidation sites excluding steroid dienone is 1. The maximum atomic E-state index is 13.6. The average Bonchev–Trinajstić information content (AvgIpc) is 2.29. The van der Waals surface area contributed by atoms with E-state index in [9.17, 15) is 8.78 Å². The standard InChI is InChI=1S/C14H19F2NO/c1-4-17-9-11-7-12(15)14(13(16)8-11)18-6-5-10(2)3/h5,7-8,17H,4,6,9H2,1-3H3. The van der Waals surface area contributed by atoms with Crippen molar-refractivity contribution in [3.63, 3.8) is 0 Å². The first-order valence-corrected chi connectivity index (χ1v) is 5.99. The van der Waals surface area contributed by atoms with Crippen molar-refractivity contribution in [2.45, 2.75) is 27.3 Å². The van der Waals surface area contributed by atoms with Crippen LogP contribution in [0.25, 0.3) is 0 Å². The van der Waals surface area contributed by atoms with Crippen LogP contribution in [-0.2, 0) is 6.54 Å². The molecule has 0 spiro atoms. The number of rotatable bonds is 6. The molecule has 0 saturated heterocycles. The van der Waals surface area contributed by atoms with E-state index >= 15 is 0 Å². The molecule has 4 heteroatoms. The van der Waals surface area contributed by atoms with E-state index in [0.717, 1.165) is 12.1 Å². The van der Waals surface area contributed by atoms with Crippen LogP contribution < -0.4 is 10.1 Å². The van der Waals surface area contributed by atoms with Crippen molar-refractivity contribution in [2.24, 2.45) is 0 Å². The lowest BCUT2D eigenvalue weighted by Crippen LogP contribution is -2.12. The minimum Gasteiger partial charge on any atom is -0.483 e. The minimum atomic E-state index is -0.662. The predicted molar refractivity (Wildman–Crippen MR) is 68.7 cm³/mol. The molecule has 0 radical (unpaired) electrons. The van der Waals surface area contributed by atoms with Crippen molar-refractivity contribution in [1.29, 1.82) is 0 Å². The Bertz CT molecular complexity index is 403. The molecule has 0 amide bonds. The molecular weight excluding hydrogens is 236 g/mol. The maximum absolute atomic E-state index is 13.6. The number of ether oxygens (including phenoxy) is 1. The highest BCUT2D eigenvalue weighted by Crippen LogP contribution is 2.23. The van der Waals surface area contributed by atoms with E-state index in [-0.39, 0.29) is 12.4 Å². The summed E-state index contributed by atoms with van der Waals surface area (Å²) in [5.74, 6) is -1.64. The van der Waals surface area contributed by atoms with Gasteiger partial charge in [-0.15, -0.1) is 0 Å².